The minimum atomic E-state index is -0.566. The zero-order valence-corrected chi connectivity index (χ0v) is 11.6. The number of nitro benzene ring substituents is 1. The van der Waals surface area contributed by atoms with E-state index in [9.17, 15) is 14.5 Å². The zero-order chi connectivity index (χ0) is 14.6. The fourth-order valence-corrected chi connectivity index (χ4v) is 3.03. The molecule has 1 fully saturated rings. The summed E-state index contributed by atoms with van der Waals surface area (Å²) < 4.78 is 13.5. The van der Waals surface area contributed by atoms with E-state index < -0.39 is 10.7 Å². The molecule has 1 aromatic carbocycles. The molecule has 1 aliphatic rings. The molecule has 0 radical (unpaired) electrons. The van der Waals surface area contributed by atoms with Gasteiger partial charge in [0.1, 0.15) is 5.82 Å². The van der Waals surface area contributed by atoms with Crippen molar-refractivity contribution in [3.05, 3.63) is 39.7 Å². The lowest BCUT2D eigenvalue weighted by molar-refractivity contribution is -0.385. The molecule has 0 unspecified atom stereocenters. The van der Waals surface area contributed by atoms with Crippen LogP contribution in [0.5, 0.6) is 0 Å². The summed E-state index contributed by atoms with van der Waals surface area (Å²) in [6, 6.07) is 3.75. The van der Waals surface area contributed by atoms with E-state index in [1.807, 2.05) is 0 Å². The van der Waals surface area contributed by atoms with Crippen LogP contribution in [0.25, 0.3) is 0 Å². The van der Waals surface area contributed by atoms with Crippen LogP contribution >= 0.6 is 0 Å². The second-order valence-corrected chi connectivity index (χ2v) is 5.88. The van der Waals surface area contributed by atoms with Crippen molar-refractivity contribution in [1.29, 1.82) is 0 Å². The van der Waals surface area contributed by atoms with E-state index in [0.29, 0.717) is 12.0 Å². The number of rotatable bonds is 3. The predicted octanol–water partition coefficient (Wildman–Crippen LogP) is 3.72. The highest BCUT2D eigenvalue weighted by Gasteiger charge is 2.26. The minimum Gasteiger partial charge on any atom is -0.325 e. The number of benzene rings is 1. The fraction of sp³-hybridized carbons (Fsp3) is 0.600. The Morgan fingerprint density at radius 2 is 1.75 bits per heavy atom. The van der Waals surface area contributed by atoms with Gasteiger partial charge in [-0.15, -0.1) is 0 Å². The molecule has 0 heterocycles. The topological polar surface area (TPSA) is 69.2 Å². The number of non-ortho nitro benzene ring substituents is 1. The first-order valence-electron chi connectivity index (χ1n) is 7.21. The van der Waals surface area contributed by atoms with E-state index in [-0.39, 0.29) is 11.2 Å². The molecule has 4 nitrogen and oxygen atoms in total. The Bertz CT molecular complexity index is 483. The molecule has 1 saturated carbocycles. The van der Waals surface area contributed by atoms with Crippen molar-refractivity contribution in [2.24, 2.45) is 5.73 Å². The van der Waals surface area contributed by atoms with Gasteiger partial charge in [-0.3, -0.25) is 10.1 Å². The Labute approximate surface area is 118 Å². The second-order valence-electron chi connectivity index (χ2n) is 5.88. The first kappa shape index (κ1) is 14.9. The predicted molar refractivity (Wildman–Crippen MR) is 76.0 cm³/mol. The summed E-state index contributed by atoms with van der Waals surface area (Å²) in [5, 5.41) is 10.8. The third-order valence-electron chi connectivity index (χ3n) is 4.06. The summed E-state index contributed by atoms with van der Waals surface area (Å²) in [5.41, 5.74) is 6.51. The maximum Gasteiger partial charge on any atom is 0.272 e. The van der Waals surface area contributed by atoms with Gasteiger partial charge in [-0.25, -0.2) is 4.39 Å². The van der Waals surface area contributed by atoms with Gasteiger partial charge in [0, 0.05) is 11.6 Å². The highest BCUT2D eigenvalue weighted by atomic mass is 19.1. The summed E-state index contributed by atoms with van der Waals surface area (Å²) in [5.74, 6) is -0.566. The average Bonchev–Trinajstić information content (AvgIpc) is 2.34. The Morgan fingerprint density at radius 1 is 1.15 bits per heavy atom. The van der Waals surface area contributed by atoms with Crippen molar-refractivity contribution in [2.45, 2.75) is 56.9 Å². The average molecular weight is 280 g/mol. The Morgan fingerprint density at radius 3 is 2.35 bits per heavy atom. The molecule has 0 aromatic heterocycles. The van der Waals surface area contributed by atoms with Crippen molar-refractivity contribution in [3.8, 4) is 0 Å². The second kappa shape index (κ2) is 6.31. The number of nitro groups is 1. The van der Waals surface area contributed by atoms with Crippen LogP contribution in [0.4, 0.5) is 10.1 Å². The van der Waals surface area contributed by atoms with Crippen LogP contribution in [0.1, 0.15) is 50.5 Å². The van der Waals surface area contributed by atoms with Crippen LogP contribution in [0.2, 0.25) is 0 Å². The molecule has 0 bridgehead atoms. The third-order valence-corrected chi connectivity index (χ3v) is 4.06. The molecular formula is C15H21FN2O2. The Kier molecular flexibility index (Phi) is 4.70. The van der Waals surface area contributed by atoms with Crippen LogP contribution in [0, 0.1) is 15.9 Å². The van der Waals surface area contributed by atoms with Gasteiger partial charge in [0.2, 0.25) is 0 Å². The standard InChI is InChI=1S/C15H21FN2O2/c16-13-8-12(9-14(10-13)18(19)20)11-15(17)6-4-2-1-3-5-7-15/h8-10H,1-7,11,17H2. The molecule has 2 rings (SSSR count). The highest BCUT2D eigenvalue weighted by Crippen LogP contribution is 2.29. The number of hydrogen-bond donors (Lipinski definition) is 1. The molecule has 2 N–H and O–H groups in total. The summed E-state index contributed by atoms with van der Waals surface area (Å²) >= 11 is 0. The van der Waals surface area contributed by atoms with E-state index in [1.165, 1.54) is 31.4 Å². The van der Waals surface area contributed by atoms with Crippen LogP contribution in [0.15, 0.2) is 18.2 Å². The maximum atomic E-state index is 13.5. The van der Waals surface area contributed by atoms with Crippen LogP contribution < -0.4 is 5.73 Å². The molecule has 0 spiro atoms. The van der Waals surface area contributed by atoms with E-state index in [1.54, 1.807) is 0 Å². The van der Waals surface area contributed by atoms with Gasteiger partial charge in [-0.2, -0.15) is 0 Å². The molecule has 20 heavy (non-hydrogen) atoms. The van der Waals surface area contributed by atoms with Crippen LogP contribution in [-0.2, 0) is 6.42 Å². The van der Waals surface area contributed by atoms with Crippen molar-refractivity contribution in [3.63, 3.8) is 0 Å². The molecular weight excluding hydrogens is 259 g/mol. The zero-order valence-electron chi connectivity index (χ0n) is 11.6. The summed E-state index contributed by atoms with van der Waals surface area (Å²) in [6.45, 7) is 0. The maximum absolute atomic E-state index is 13.5. The first-order valence-corrected chi connectivity index (χ1v) is 7.21. The molecule has 5 heteroatoms. The lowest BCUT2D eigenvalue weighted by Crippen LogP contribution is -2.42. The van der Waals surface area contributed by atoms with Crippen LogP contribution in [-0.4, -0.2) is 10.5 Å². The van der Waals surface area contributed by atoms with Crippen molar-refractivity contribution >= 4 is 5.69 Å². The molecule has 0 aliphatic heterocycles. The smallest absolute Gasteiger partial charge is 0.272 e. The fourth-order valence-electron chi connectivity index (χ4n) is 3.03. The van der Waals surface area contributed by atoms with Gasteiger partial charge in [0.05, 0.1) is 11.0 Å². The van der Waals surface area contributed by atoms with Crippen molar-refractivity contribution in [2.75, 3.05) is 0 Å². The molecule has 0 atom stereocenters. The molecule has 0 saturated heterocycles. The summed E-state index contributed by atoms with van der Waals surface area (Å²) in [6.07, 6.45) is 8.08. The van der Waals surface area contributed by atoms with E-state index in [2.05, 4.69) is 0 Å². The molecule has 1 aliphatic carbocycles. The normalized spacial score (nSPS) is 19.1. The van der Waals surface area contributed by atoms with Gasteiger partial charge < -0.3 is 5.73 Å². The van der Waals surface area contributed by atoms with E-state index in [0.717, 1.165) is 31.7 Å². The largest absolute Gasteiger partial charge is 0.325 e. The Balaban J connectivity index is 2.16. The van der Waals surface area contributed by atoms with Gasteiger partial charge in [-0.05, 0) is 30.9 Å². The lowest BCUT2D eigenvalue weighted by atomic mass is 9.80. The lowest BCUT2D eigenvalue weighted by Gasteiger charge is -2.31. The number of nitrogens with two attached hydrogens (primary N) is 1. The number of halogens is 1. The van der Waals surface area contributed by atoms with Crippen molar-refractivity contribution < 1.29 is 9.31 Å². The number of nitrogens with zero attached hydrogens (tertiary/aromatic N) is 1. The first-order chi connectivity index (χ1) is 9.48. The summed E-state index contributed by atoms with van der Waals surface area (Å²) in [7, 11) is 0. The molecule has 1 aromatic rings. The Hall–Kier alpha value is -1.49. The SMILES string of the molecule is NC1(Cc2cc(F)cc([N+](=O)[O-])c2)CCCCCCC1. The van der Waals surface area contributed by atoms with E-state index in [4.69, 9.17) is 5.73 Å². The van der Waals surface area contributed by atoms with Gasteiger partial charge in [0.15, 0.2) is 0 Å². The van der Waals surface area contributed by atoms with Gasteiger partial charge >= 0.3 is 0 Å². The summed E-state index contributed by atoms with van der Waals surface area (Å²) in [4.78, 5) is 10.2. The van der Waals surface area contributed by atoms with Crippen LogP contribution in [0.3, 0.4) is 0 Å². The van der Waals surface area contributed by atoms with Gasteiger partial charge in [0.25, 0.3) is 5.69 Å². The monoisotopic (exact) mass is 280 g/mol. The highest BCUT2D eigenvalue weighted by molar-refractivity contribution is 5.36. The molecule has 0 amide bonds. The third kappa shape index (κ3) is 4.00. The molecule has 110 valence electrons. The van der Waals surface area contributed by atoms with E-state index >= 15 is 0 Å². The van der Waals surface area contributed by atoms with Gasteiger partial charge in [-0.1, -0.05) is 32.1 Å². The van der Waals surface area contributed by atoms with Crippen molar-refractivity contribution in [1.82, 2.24) is 0 Å². The quantitative estimate of drug-likeness (QED) is 0.677. The number of hydrogen-bond acceptors (Lipinski definition) is 3. The minimum absolute atomic E-state index is 0.200.